The molecule has 25 heavy (non-hydrogen) atoms. The third-order valence-electron chi connectivity index (χ3n) is 4.37. The SMILES string of the molecule is CCc1nc2c(c(C)c1C#N)C(c1ccccc1Cl)C(C#N)=C(N)O2. The maximum atomic E-state index is 9.63. The van der Waals surface area contributed by atoms with E-state index in [2.05, 4.69) is 17.1 Å². The number of aryl methyl sites for hydroxylation is 1. The molecule has 2 aromatic rings. The zero-order valence-electron chi connectivity index (χ0n) is 13.8. The lowest BCUT2D eigenvalue weighted by Crippen LogP contribution is -2.24. The van der Waals surface area contributed by atoms with E-state index >= 15 is 0 Å². The van der Waals surface area contributed by atoms with Gasteiger partial charge in [0.25, 0.3) is 0 Å². The van der Waals surface area contributed by atoms with Crippen LogP contribution in [-0.4, -0.2) is 4.98 Å². The van der Waals surface area contributed by atoms with E-state index in [9.17, 15) is 10.5 Å². The first kappa shape index (κ1) is 16.8. The van der Waals surface area contributed by atoms with Crippen molar-refractivity contribution in [3.05, 3.63) is 68.7 Å². The number of hydrogen-bond donors (Lipinski definition) is 1. The number of allylic oxidation sites excluding steroid dienone is 1. The smallest absolute Gasteiger partial charge is 0.226 e. The van der Waals surface area contributed by atoms with Gasteiger partial charge in [-0.25, -0.2) is 4.98 Å². The lowest BCUT2D eigenvalue weighted by Gasteiger charge is -2.28. The fourth-order valence-corrected chi connectivity index (χ4v) is 3.40. The van der Waals surface area contributed by atoms with Gasteiger partial charge in [-0.05, 0) is 30.5 Å². The highest BCUT2D eigenvalue weighted by Gasteiger charge is 2.35. The average Bonchev–Trinajstić information content (AvgIpc) is 2.60. The summed E-state index contributed by atoms with van der Waals surface area (Å²) in [4.78, 5) is 4.48. The number of nitrogens with zero attached hydrogens (tertiary/aromatic N) is 3. The summed E-state index contributed by atoms with van der Waals surface area (Å²) in [6, 6.07) is 11.6. The van der Waals surface area contributed by atoms with Crippen LogP contribution in [0.15, 0.2) is 35.7 Å². The first-order chi connectivity index (χ1) is 12.0. The molecule has 0 spiro atoms. The van der Waals surface area contributed by atoms with Crippen molar-refractivity contribution in [2.75, 3.05) is 0 Å². The largest absolute Gasteiger partial charge is 0.422 e. The second-order valence-corrected chi connectivity index (χ2v) is 6.10. The fourth-order valence-electron chi connectivity index (χ4n) is 3.16. The number of pyridine rings is 1. The lowest BCUT2D eigenvalue weighted by molar-refractivity contribution is 0.375. The molecule has 1 atom stereocenters. The Labute approximate surface area is 150 Å². The average molecular weight is 351 g/mol. The molecule has 5 nitrogen and oxygen atoms in total. The molecule has 1 aliphatic rings. The molecule has 0 radical (unpaired) electrons. The molecular formula is C19H15ClN4O. The molecule has 1 unspecified atom stereocenters. The molecule has 0 aliphatic carbocycles. The normalized spacial score (nSPS) is 15.8. The number of hydrogen-bond acceptors (Lipinski definition) is 5. The molecule has 0 amide bonds. The summed E-state index contributed by atoms with van der Waals surface area (Å²) in [5, 5.41) is 19.7. The number of ether oxygens (including phenoxy) is 1. The van der Waals surface area contributed by atoms with Crippen molar-refractivity contribution in [1.82, 2.24) is 4.98 Å². The summed E-state index contributed by atoms with van der Waals surface area (Å²) < 4.78 is 5.62. The van der Waals surface area contributed by atoms with Gasteiger partial charge in [0.2, 0.25) is 11.8 Å². The van der Waals surface area contributed by atoms with Crippen LogP contribution in [0, 0.1) is 29.6 Å². The topological polar surface area (TPSA) is 95.7 Å². The van der Waals surface area contributed by atoms with Gasteiger partial charge in [-0.15, -0.1) is 0 Å². The zero-order valence-corrected chi connectivity index (χ0v) is 14.6. The number of halogens is 1. The highest BCUT2D eigenvalue weighted by molar-refractivity contribution is 6.31. The van der Waals surface area contributed by atoms with Crippen molar-refractivity contribution in [3.63, 3.8) is 0 Å². The molecular weight excluding hydrogens is 336 g/mol. The van der Waals surface area contributed by atoms with E-state index in [1.54, 1.807) is 6.07 Å². The minimum absolute atomic E-state index is 0.0126. The van der Waals surface area contributed by atoms with Crippen LogP contribution >= 0.6 is 11.6 Å². The Bertz CT molecular complexity index is 982. The standard InChI is InChI=1S/C19H15ClN4O/c1-3-15-12(8-21)10(2)16-17(11-6-4-5-7-14(11)20)13(9-22)18(23)25-19(16)24-15/h4-7,17H,3,23H2,1-2H3. The van der Waals surface area contributed by atoms with Crippen molar-refractivity contribution in [1.29, 1.82) is 10.5 Å². The molecule has 2 heterocycles. The fraction of sp³-hybridized carbons (Fsp3) is 0.211. The Kier molecular flexibility index (Phi) is 4.35. The first-order valence-corrected chi connectivity index (χ1v) is 8.16. The molecule has 1 aromatic carbocycles. The molecule has 0 saturated heterocycles. The summed E-state index contributed by atoms with van der Waals surface area (Å²) in [6.07, 6.45) is 0.589. The maximum Gasteiger partial charge on any atom is 0.226 e. The van der Waals surface area contributed by atoms with E-state index in [0.717, 1.165) is 11.1 Å². The molecule has 3 rings (SSSR count). The Morgan fingerprint density at radius 3 is 2.60 bits per heavy atom. The first-order valence-electron chi connectivity index (χ1n) is 7.78. The van der Waals surface area contributed by atoms with Crippen molar-refractivity contribution in [3.8, 4) is 18.0 Å². The van der Waals surface area contributed by atoms with Gasteiger partial charge in [-0.2, -0.15) is 10.5 Å². The van der Waals surface area contributed by atoms with Crippen molar-refractivity contribution >= 4 is 11.6 Å². The van der Waals surface area contributed by atoms with E-state index in [-0.39, 0.29) is 11.5 Å². The number of rotatable bonds is 2. The Morgan fingerprint density at radius 2 is 2.00 bits per heavy atom. The lowest BCUT2D eigenvalue weighted by atomic mass is 9.81. The number of nitriles is 2. The van der Waals surface area contributed by atoms with E-state index in [1.807, 2.05) is 32.0 Å². The third-order valence-corrected chi connectivity index (χ3v) is 4.71. The molecule has 6 heteroatoms. The molecule has 124 valence electrons. The van der Waals surface area contributed by atoms with Crippen molar-refractivity contribution < 1.29 is 4.74 Å². The van der Waals surface area contributed by atoms with Crippen LogP contribution in [0.5, 0.6) is 5.88 Å². The minimum atomic E-state index is -0.520. The third kappa shape index (κ3) is 2.59. The van der Waals surface area contributed by atoms with Gasteiger partial charge >= 0.3 is 0 Å². The van der Waals surface area contributed by atoms with E-state index in [0.29, 0.717) is 34.1 Å². The number of nitrogens with two attached hydrogens (primary N) is 1. The second-order valence-electron chi connectivity index (χ2n) is 5.69. The highest BCUT2D eigenvalue weighted by atomic mass is 35.5. The van der Waals surface area contributed by atoms with Crippen LogP contribution in [0.25, 0.3) is 0 Å². The summed E-state index contributed by atoms with van der Waals surface area (Å²) in [7, 11) is 0. The minimum Gasteiger partial charge on any atom is -0.422 e. The molecule has 1 aliphatic heterocycles. The van der Waals surface area contributed by atoms with Gasteiger partial charge in [0.1, 0.15) is 17.7 Å². The van der Waals surface area contributed by atoms with Gasteiger partial charge in [0.15, 0.2) is 0 Å². The quantitative estimate of drug-likeness (QED) is 0.890. The molecule has 1 aromatic heterocycles. The Morgan fingerprint density at radius 1 is 1.28 bits per heavy atom. The van der Waals surface area contributed by atoms with Crippen LogP contribution in [0.2, 0.25) is 5.02 Å². The van der Waals surface area contributed by atoms with Crippen LogP contribution in [0.3, 0.4) is 0 Å². The Balaban J connectivity index is 2.38. The molecule has 0 bridgehead atoms. The van der Waals surface area contributed by atoms with Crippen LogP contribution in [0.4, 0.5) is 0 Å². The van der Waals surface area contributed by atoms with Crippen molar-refractivity contribution in [2.24, 2.45) is 5.73 Å². The zero-order chi connectivity index (χ0) is 18.1. The monoisotopic (exact) mass is 350 g/mol. The highest BCUT2D eigenvalue weighted by Crippen LogP contribution is 2.45. The molecule has 0 fully saturated rings. The number of aromatic nitrogens is 1. The predicted octanol–water partition coefficient (Wildman–Crippen LogP) is 3.70. The van der Waals surface area contributed by atoms with E-state index < -0.39 is 5.92 Å². The maximum absolute atomic E-state index is 9.63. The van der Waals surface area contributed by atoms with Gasteiger partial charge in [0, 0.05) is 10.6 Å². The molecule has 0 saturated carbocycles. The van der Waals surface area contributed by atoms with Crippen molar-refractivity contribution in [2.45, 2.75) is 26.2 Å². The van der Waals surface area contributed by atoms with Crippen LogP contribution in [-0.2, 0) is 6.42 Å². The summed E-state index contributed by atoms with van der Waals surface area (Å²) in [5.41, 5.74) is 9.51. The summed E-state index contributed by atoms with van der Waals surface area (Å²) in [5.74, 6) is -0.179. The van der Waals surface area contributed by atoms with Gasteiger partial charge in [-0.3, -0.25) is 0 Å². The summed E-state index contributed by atoms with van der Waals surface area (Å²) >= 11 is 6.38. The van der Waals surface area contributed by atoms with Crippen LogP contribution in [0.1, 0.15) is 40.8 Å². The number of benzene rings is 1. The second kappa shape index (κ2) is 6.47. The van der Waals surface area contributed by atoms with E-state index in [1.165, 1.54) is 0 Å². The summed E-state index contributed by atoms with van der Waals surface area (Å²) in [6.45, 7) is 3.76. The van der Waals surface area contributed by atoms with Gasteiger partial charge < -0.3 is 10.5 Å². The van der Waals surface area contributed by atoms with E-state index in [4.69, 9.17) is 22.1 Å². The molecule has 2 N–H and O–H groups in total. The van der Waals surface area contributed by atoms with Gasteiger partial charge in [0.05, 0.1) is 17.2 Å². The number of fused-ring (bicyclic) bond motifs is 1. The predicted molar refractivity (Wildman–Crippen MR) is 93.8 cm³/mol. The Hall–Kier alpha value is -3.02. The van der Waals surface area contributed by atoms with Crippen LogP contribution < -0.4 is 10.5 Å². The van der Waals surface area contributed by atoms with Gasteiger partial charge in [-0.1, -0.05) is 36.7 Å².